The standard InChI is InChI=1S/C14H20N2O3/c1-9-6-7-10(16(9)3)12(17)15-11-5-4-8-14(11,2)13(18)19/h6-7,11H,4-5,8H2,1-3H3,(H,15,17)(H,18,19). The first-order chi connectivity index (χ1) is 8.86. The van der Waals surface area contributed by atoms with Crippen molar-refractivity contribution in [3.05, 3.63) is 23.5 Å². The van der Waals surface area contributed by atoms with E-state index in [9.17, 15) is 14.7 Å². The summed E-state index contributed by atoms with van der Waals surface area (Å²) in [6, 6.07) is 3.34. The normalized spacial score (nSPS) is 26.4. The van der Waals surface area contributed by atoms with E-state index in [4.69, 9.17) is 0 Å². The minimum Gasteiger partial charge on any atom is -0.481 e. The number of aromatic nitrogens is 1. The molecule has 0 spiro atoms. The van der Waals surface area contributed by atoms with E-state index in [-0.39, 0.29) is 11.9 Å². The number of carbonyl (C=O) groups is 2. The van der Waals surface area contributed by atoms with E-state index in [0.29, 0.717) is 12.1 Å². The quantitative estimate of drug-likeness (QED) is 0.873. The van der Waals surface area contributed by atoms with Crippen LogP contribution in [-0.4, -0.2) is 27.6 Å². The van der Waals surface area contributed by atoms with Crippen molar-refractivity contribution in [3.63, 3.8) is 0 Å². The van der Waals surface area contributed by atoms with Crippen LogP contribution in [-0.2, 0) is 11.8 Å². The summed E-state index contributed by atoms with van der Waals surface area (Å²) in [7, 11) is 1.83. The molecule has 0 bridgehead atoms. The first-order valence-corrected chi connectivity index (χ1v) is 6.53. The van der Waals surface area contributed by atoms with E-state index >= 15 is 0 Å². The molecule has 1 aromatic heterocycles. The van der Waals surface area contributed by atoms with Crippen LogP contribution in [0.3, 0.4) is 0 Å². The van der Waals surface area contributed by atoms with Crippen molar-refractivity contribution < 1.29 is 14.7 Å². The molecule has 1 fully saturated rings. The molecule has 2 unspecified atom stereocenters. The monoisotopic (exact) mass is 264 g/mol. The summed E-state index contributed by atoms with van der Waals surface area (Å²) in [5, 5.41) is 12.2. The van der Waals surface area contributed by atoms with E-state index < -0.39 is 11.4 Å². The number of nitrogens with one attached hydrogen (secondary N) is 1. The number of aryl methyl sites for hydroxylation is 1. The van der Waals surface area contributed by atoms with Gasteiger partial charge in [0.05, 0.1) is 5.41 Å². The fraction of sp³-hybridized carbons (Fsp3) is 0.571. The second kappa shape index (κ2) is 4.72. The Morgan fingerprint density at radius 2 is 2.16 bits per heavy atom. The molecule has 2 rings (SSSR count). The van der Waals surface area contributed by atoms with Gasteiger partial charge in [-0.15, -0.1) is 0 Å². The van der Waals surface area contributed by atoms with Crippen molar-refractivity contribution in [2.75, 3.05) is 0 Å². The Bertz CT molecular complexity index is 521. The number of rotatable bonds is 3. The predicted molar refractivity (Wildman–Crippen MR) is 71.0 cm³/mol. The largest absolute Gasteiger partial charge is 0.481 e. The zero-order valence-electron chi connectivity index (χ0n) is 11.6. The third-order valence-corrected chi connectivity index (χ3v) is 4.36. The van der Waals surface area contributed by atoms with Gasteiger partial charge in [-0.05, 0) is 38.8 Å². The predicted octanol–water partition coefficient (Wildman–Crippen LogP) is 1.71. The molecule has 1 aliphatic carbocycles. The van der Waals surface area contributed by atoms with Crippen LogP contribution in [0.25, 0.3) is 0 Å². The number of hydrogen-bond acceptors (Lipinski definition) is 2. The lowest BCUT2D eigenvalue weighted by Gasteiger charge is -2.27. The van der Waals surface area contributed by atoms with Crippen molar-refractivity contribution in [3.8, 4) is 0 Å². The van der Waals surface area contributed by atoms with E-state index in [2.05, 4.69) is 5.32 Å². The van der Waals surface area contributed by atoms with Crippen LogP contribution >= 0.6 is 0 Å². The van der Waals surface area contributed by atoms with Crippen molar-refractivity contribution in [1.29, 1.82) is 0 Å². The number of amides is 1. The van der Waals surface area contributed by atoms with Crippen molar-refractivity contribution in [1.82, 2.24) is 9.88 Å². The number of nitrogens with zero attached hydrogens (tertiary/aromatic N) is 1. The highest BCUT2D eigenvalue weighted by Crippen LogP contribution is 2.38. The maximum absolute atomic E-state index is 12.2. The van der Waals surface area contributed by atoms with Gasteiger partial charge in [0, 0.05) is 18.8 Å². The van der Waals surface area contributed by atoms with E-state index in [1.807, 2.05) is 24.6 Å². The van der Waals surface area contributed by atoms with Crippen molar-refractivity contribution >= 4 is 11.9 Å². The number of aliphatic carboxylic acids is 1. The van der Waals surface area contributed by atoms with Gasteiger partial charge in [0.25, 0.3) is 5.91 Å². The first-order valence-electron chi connectivity index (χ1n) is 6.53. The fourth-order valence-corrected chi connectivity index (χ4v) is 2.73. The zero-order valence-corrected chi connectivity index (χ0v) is 11.6. The Morgan fingerprint density at radius 3 is 2.68 bits per heavy atom. The average Bonchev–Trinajstić information content (AvgIpc) is 2.86. The van der Waals surface area contributed by atoms with Crippen molar-refractivity contribution in [2.24, 2.45) is 12.5 Å². The number of carboxylic acid groups (broad SMARTS) is 1. The van der Waals surface area contributed by atoms with Gasteiger partial charge in [-0.25, -0.2) is 0 Å². The lowest BCUT2D eigenvalue weighted by molar-refractivity contribution is -0.148. The van der Waals surface area contributed by atoms with Crippen LogP contribution in [0.2, 0.25) is 0 Å². The summed E-state index contributed by atoms with van der Waals surface area (Å²) in [4.78, 5) is 23.6. The number of carbonyl (C=O) groups excluding carboxylic acids is 1. The molecule has 104 valence electrons. The summed E-state index contributed by atoms with van der Waals surface area (Å²) in [6.07, 6.45) is 2.16. The SMILES string of the molecule is Cc1ccc(C(=O)NC2CCCC2(C)C(=O)O)n1C. The minimum atomic E-state index is -0.851. The summed E-state index contributed by atoms with van der Waals surface area (Å²) in [5.74, 6) is -1.03. The third-order valence-electron chi connectivity index (χ3n) is 4.36. The summed E-state index contributed by atoms with van der Waals surface area (Å²) >= 11 is 0. The topological polar surface area (TPSA) is 71.3 Å². The maximum Gasteiger partial charge on any atom is 0.311 e. The Kier molecular flexibility index (Phi) is 3.39. The molecule has 2 atom stereocenters. The molecule has 5 heteroatoms. The van der Waals surface area contributed by atoms with Crippen LogP contribution in [0.4, 0.5) is 0 Å². The molecule has 2 N–H and O–H groups in total. The molecule has 1 saturated carbocycles. The van der Waals surface area contributed by atoms with E-state index in [1.54, 1.807) is 13.0 Å². The lowest BCUT2D eigenvalue weighted by atomic mass is 9.85. The average molecular weight is 264 g/mol. The molecule has 19 heavy (non-hydrogen) atoms. The van der Waals surface area contributed by atoms with E-state index in [1.165, 1.54) is 0 Å². The summed E-state index contributed by atoms with van der Waals surface area (Å²) in [6.45, 7) is 3.64. The number of carboxylic acids is 1. The summed E-state index contributed by atoms with van der Waals surface area (Å²) < 4.78 is 1.81. The molecule has 0 aliphatic heterocycles. The van der Waals surface area contributed by atoms with Gasteiger partial charge in [0.15, 0.2) is 0 Å². The van der Waals surface area contributed by atoms with Gasteiger partial charge in [0.1, 0.15) is 5.69 Å². The second-order valence-corrected chi connectivity index (χ2v) is 5.56. The van der Waals surface area contributed by atoms with Gasteiger partial charge < -0.3 is 15.0 Å². The molecular formula is C14H20N2O3. The van der Waals surface area contributed by atoms with Gasteiger partial charge in [0.2, 0.25) is 0 Å². The highest BCUT2D eigenvalue weighted by Gasteiger charge is 2.46. The molecule has 1 aromatic rings. The highest BCUT2D eigenvalue weighted by molar-refractivity contribution is 5.93. The highest BCUT2D eigenvalue weighted by atomic mass is 16.4. The van der Waals surface area contributed by atoms with Gasteiger partial charge in [-0.1, -0.05) is 6.42 Å². The second-order valence-electron chi connectivity index (χ2n) is 5.56. The molecule has 0 saturated heterocycles. The van der Waals surface area contributed by atoms with Crippen LogP contribution < -0.4 is 5.32 Å². The zero-order chi connectivity index (χ0) is 14.2. The van der Waals surface area contributed by atoms with Crippen LogP contribution in [0.1, 0.15) is 42.4 Å². The Morgan fingerprint density at radius 1 is 1.47 bits per heavy atom. The Balaban J connectivity index is 2.15. The Labute approximate surface area is 112 Å². The molecular weight excluding hydrogens is 244 g/mol. The third kappa shape index (κ3) is 2.25. The van der Waals surface area contributed by atoms with Gasteiger partial charge in [-0.2, -0.15) is 0 Å². The first kappa shape index (κ1) is 13.6. The van der Waals surface area contributed by atoms with E-state index in [0.717, 1.165) is 18.5 Å². The smallest absolute Gasteiger partial charge is 0.311 e. The molecule has 0 aromatic carbocycles. The number of hydrogen-bond donors (Lipinski definition) is 2. The van der Waals surface area contributed by atoms with Gasteiger partial charge >= 0.3 is 5.97 Å². The van der Waals surface area contributed by atoms with Crippen LogP contribution in [0.5, 0.6) is 0 Å². The summed E-state index contributed by atoms with van der Waals surface area (Å²) in [5.41, 5.74) is 0.713. The van der Waals surface area contributed by atoms with Crippen LogP contribution in [0, 0.1) is 12.3 Å². The maximum atomic E-state index is 12.2. The van der Waals surface area contributed by atoms with Crippen molar-refractivity contribution in [2.45, 2.75) is 39.2 Å². The molecule has 1 heterocycles. The Hall–Kier alpha value is -1.78. The minimum absolute atomic E-state index is 0.199. The molecule has 1 aliphatic rings. The van der Waals surface area contributed by atoms with Gasteiger partial charge in [-0.3, -0.25) is 9.59 Å². The van der Waals surface area contributed by atoms with Crippen LogP contribution in [0.15, 0.2) is 12.1 Å². The fourth-order valence-electron chi connectivity index (χ4n) is 2.73. The molecule has 0 radical (unpaired) electrons. The molecule has 5 nitrogen and oxygen atoms in total. The lowest BCUT2D eigenvalue weighted by Crippen LogP contribution is -2.47. The molecule has 1 amide bonds.